The van der Waals surface area contributed by atoms with E-state index >= 15 is 0 Å². The first-order chi connectivity index (χ1) is 19.6. The topological polar surface area (TPSA) is 86.8 Å². The quantitative estimate of drug-likeness (QED) is 0.254. The molecule has 1 aromatic heterocycles. The highest BCUT2D eigenvalue weighted by molar-refractivity contribution is 5.87. The minimum absolute atomic E-state index is 0.226. The first-order valence-electron chi connectivity index (χ1n) is 13.1. The molecular weight excluding hydrogens is 510 g/mol. The molecule has 5 aromatic rings. The molecule has 0 aliphatic carbocycles. The van der Waals surface area contributed by atoms with Crippen LogP contribution >= 0.6 is 0 Å². The number of anilines is 1. The Bertz CT molecular complexity index is 1610. The Kier molecular flexibility index (Phi) is 7.01. The van der Waals surface area contributed by atoms with Crippen LogP contribution in [-0.4, -0.2) is 38.0 Å². The monoisotopic (exact) mass is 536 g/mol. The van der Waals surface area contributed by atoms with Gasteiger partial charge in [0.1, 0.15) is 17.7 Å². The number of H-pyrrole nitrogens is 1. The minimum Gasteiger partial charge on any atom is -0.368 e. The lowest BCUT2D eigenvalue weighted by Gasteiger charge is -2.30. The van der Waals surface area contributed by atoms with Crippen molar-refractivity contribution in [3.63, 3.8) is 0 Å². The molecule has 0 saturated carbocycles. The number of nitrogens with one attached hydrogen (secondary N) is 2. The van der Waals surface area contributed by atoms with Crippen molar-refractivity contribution in [2.75, 3.05) is 11.9 Å². The van der Waals surface area contributed by atoms with Gasteiger partial charge in [-0.2, -0.15) is 5.21 Å². The number of rotatable bonds is 7. The number of hydrogen-bond acceptors (Lipinski definition) is 5. The highest BCUT2D eigenvalue weighted by atomic mass is 19.1. The Labute approximate surface area is 229 Å². The van der Waals surface area contributed by atoms with Crippen LogP contribution in [0.3, 0.4) is 0 Å². The number of aromatic amines is 1. The third kappa shape index (κ3) is 5.05. The van der Waals surface area contributed by atoms with E-state index in [1.54, 1.807) is 41.3 Å². The van der Waals surface area contributed by atoms with Gasteiger partial charge in [-0.3, -0.25) is 4.79 Å². The molecule has 0 bridgehead atoms. The number of halogens is 2. The maximum Gasteiger partial charge on any atom is 0.250 e. The van der Waals surface area contributed by atoms with Gasteiger partial charge in [0.15, 0.2) is 0 Å². The number of aromatic nitrogens is 4. The molecule has 0 radical (unpaired) electrons. The van der Waals surface area contributed by atoms with E-state index in [2.05, 4.69) is 25.9 Å². The molecule has 1 aliphatic heterocycles. The number of carbonyl (C=O) groups excluding carboxylic acids is 1. The molecule has 200 valence electrons. The average Bonchev–Trinajstić information content (AvgIpc) is 3.70. The molecule has 1 unspecified atom stereocenters. The Morgan fingerprint density at radius 2 is 1.50 bits per heavy atom. The first kappa shape index (κ1) is 25.4. The van der Waals surface area contributed by atoms with Crippen molar-refractivity contribution in [3.05, 3.63) is 120 Å². The van der Waals surface area contributed by atoms with Crippen LogP contribution in [-0.2, 0) is 4.79 Å². The molecule has 1 aliphatic rings. The summed E-state index contributed by atoms with van der Waals surface area (Å²) in [4.78, 5) is 15.8. The van der Waals surface area contributed by atoms with Gasteiger partial charge >= 0.3 is 0 Å². The summed E-state index contributed by atoms with van der Waals surface area (Å²) in [5, 5.41) is 17.2. The zero-order valence-corrected chi connectivity index (χ0v) is 21.5. The van der Waals surface area contributed by atoms with Crippen LogP contribution in [0.25, 0.3) is 22.5 Å². The van der Waals surface area contributed by atoms with Gasteiger partial charge in [-0.25, -0.2) is 8.78 Å². The summed E-state index contributed by atoms with van der Waals surface area (Å²) in [6, 6.07) is 26.9. The van der Waals surface area contributed by atoms with Crippen molar-refractivity contribution in [1.82, 2.24) is 25.5 Å². The fourth-order valence-electron chi connectivity index (χ4n) is 5.25. The number of carbonyl (C=O) groups is 1. The van der Waals surface area contributed by atoms with E-state index in [-0.39, 0.29) is 23.5 Å². The zero-order valence-electron chi connectivity index (χ0n) is 21.5. The number of likely N-dealkylation sites (tertiary alicyclic amines) is 1. The van der Waals surface area contributed by atoms with Gasteiger partial charge in [0.05, 0.1) is 11.7 Å². The second-order valence-electron chi connectivity index (χ2n) is 9.70. The molecule has 7 nitrogen and oxygen atoms in total. The van der Waals surface area contributed by atoms with Gasteiger partial charge in [0.25, 0.3) is 0 Å². The normalized spacial score (nSPS) is 15.7. The van der Waals surface area contributed by atoms with Gasteiger partial charge in [-0.15, -0.1) is 10.2 Å². The number of amides is 1. The van der Waals surface area contributed by atoms with Gasteiger partial charge in [-0.1, -0.05) is 78.9 Å². The predicted octanol–water partition coefficient (Wildman–Crippen LogP) is 6.33. The van der Waals surface area contributed by atoms with E-state index in [1.165, 1.54) is 12.1 Å². The maximum absolute atomic E-state index is 14.7. The average molecular weight is 537 g/mol. The number of tetrazole rings is 1. The van der Waals surface area contributed by atoms with Crippen LogP contribution in [0, 0.1) is 11.6 Å². The van der Waals surface area contributed by atoms with Crippen molar-refractivity contribution < 1.29 is 13.6 Å². The van der Waals surface area contributed by atoms with Crippen LogP contribution in [0.4, 0.5) is 14.5 Å². The van der Waals surface area contributed by atoms with E-state index in [0.717, 1.165) is 23.1 Å². The highest BCUT2D eigenvalue weighted by Crippen LogP contribution is 2.37. The largest absolute Gasteiger partial charge is 0.368 e. The molecule has 0 spiro atoms. The number of nitrogens with zero attached hydrogens (tertiary/aromatic N) is 4. The van der Waals surface area contributed by atoms with Crippen LogP contribution in [0.1, 0.15) is 36.1 Å². The Balaban J connectivity index is 1.30. The van der Waals surface area contributed by atoms with Crippen LogP contribution in [0.15, 0.2) is 97.1 Å². The van der Waals surface area contributed by atoms with E-state index in [1.807, 2.05) is 48.5 Å². The molecule has 2 N–H and O–H groups in total. The molecule has 2 heterocycles. The number of hydrogen-bond donors (Lipinski definition) is 2. The van der Waals surface area contributed by atoms with Crippen LogP contribution in [0.2, 0.25) is 0 Å². The van der Waals surface area contributed by atoms with E-state index < -0.39 is 11.9 Å². The molecular formula is C31H26F2N6O. The third-order valence-electron chi connectivity index (χ3n) is 7.29. The summed E-state index contributed by atoms with van der Waals surface area (Å²) >= 11 is 0. The second kappa shape index (κ2) is 11.1. The standard InChI is InChI=1S/C31H26F2N6O/c32-25-7-2-1-6-24(25)28-10-5-19-39(28)31(40)29(34-27-9-4-3-8-26(27)33)22-15-11-20(12-16-22)21-13-17-23(18-14-21)30-35-37-38-36-30/h1-4,6-9,11-18,28-29,34H,5,10,19H2,(H,35,36,37,38)/t28-,29?/m0/s1. The van der Waals surface area contributed by atoms with E-state index in [0.29, 0.717) is 29.9 Å². The minimum atomic E-state index is -0.862. The summed E-state index contributed by atoms with van der Waals surface area (Å²) in [5.41, 5.74) is 4.17. The summed E-state index contributed by atoms with van der Waals surface area (Å²) in [6.45, 7) is 0.498. The summed E-state index contributed by atoms with van der Waals surface area (Å²) < 4.78 is 29.4. The number of para-hydroxylation sites is 1. The molecule has 4 aromatic carbocycles. The smallest absolute Gasteiger partial charge is 0.250 e. The summed E-state index contributed by atoms with van der Waals surface area (Å²) in [7, 11) is 0. The number of benzene rings is 4. The van der Waals surface area contributed by atoms with Gasteiger partial charge in [0, 0.05) is 17.7 Å². The molecule has 9 heteroatoms. The fourth-order valence-corrected chi connectivity index (χ4v) is 5.25. The molecule has 1 saturated heterocycles. The SMILES string of the molecule is O=C(C(Nc1ccccc1F)c1ccc(-c2ccc(-c3nn[nH]n3)cc2)cc1)N1CCC[C@H]1c1ccccc1F. The van der Waals surface area contributed by atoms with Gasteiger partial charge < -0.3 is 10.2 Å². The molecule has 1 amide bonds. The van der Waals surface area contributed by atoms with Crippen molar-refractivity contribution in [2.24, 2.45) is 0 Å². The maximum atomic E-state index is 14.7. The summed E-state index contributed by atoms with van der Waals surface area (Å²) in [5.74, 6) is -0.504. The third-order valence-corrected chi connectivity index (χ3v) is 7.29. The van der Waals surface area contributed by atoms with Crippen molar-refractivity contribution in [1.29, 1.82) is 0 Å². The van der Waals surface area contributed by atoms with Crippen molar-refractivity contribution in [2.45, 2.75) is 24.9 Å². The molecule has 2 atom stereocenters. The first-order valence-corrected chi connectivity index (χ1v) is 13.1. The van der Waals surface area contributed by atoms with Gasteiger partial charge in [-0.05, 0) is 52.9 Å². The van der Waals surface area contributed by atoms with Crippen molar-refractivity contribution >= 4 is 11.6 Å². The van der Waals surface area contributed by atoms with Crippen molar-refractivity contribution in [3.8, 4) is 22.5 Å². The molecule has 1 fully saturated rings. The molecule has 40 heavy (non-hydrogen) atoms. The van der Waals surface area contributed by atoms with Crippen LogP contribution < -0.4 is 5.32 Å². The highest BCUT2D eigenvalue weighted by Gasteiger charge is 2.36. The Morgan fingerprint density at radius 1 is 0.850 bits per heavy atom. The second-order valence-corrected chi connectivity index (χ2v) is 9.70. The van der Waals surface area contributed by atoms with E-state index in [4.69, 9.17) is 0 Å². The van der Waals surface area contributed by atoms with E-state index in [9.17, 15) is 13.6 Å². The van der Waals surface area contributed by atoms with Gasteiger partial charge in [0.2, 0.25) is 11.7 Å². The lowest BCUT2D eigenvalue weighted by atomic mass is 9.98. The fraction of sp³-hybridized carbons (Fsp3) is 0.161. The summed E-state index contributed by atoms with van der Waals surface area (Å²) in [6.07, 6.45) is 1.42. The Morgan fingerprint density at radius 3 is 2.17 bits per heavy atom. The lowest BCUT2D eigenvalue weighted by molar-refractivity contribution is -0.133. The van der Waals surface area contributed by atoms with Crippen LogP contribution in [0.5, 0.6) is 0 Å². The molecule has 6 rings (SSSR count). The zero-order chi connectivity index (χ0) is 27.5. The lowest BCUT2D eigenvalue weighted by Crippen LogP contribution is -2.38. The predicted molar refractivity (Wildman–Crippen MR) is 148 cm³/mol. The Hall–Kier alpha value is -4.92.